The first-order valence-electron chi connectivity index (χ1n) is 5.44. The lowest BCUT2D eigenvalue weighted by Crippen LogP contribution is -2.31. The SMILES string of the molecule is CCC(C)OC(=O)CC(C(=O)O)C(C)C(=O)O. The van der Waals surface area contributed by atoms with E-state index in [9.17, 15) is 14.4 Å². The van der Waals surface area contributed by atoms with Crippen LogP contribution in [0.5, 0.6) is 0 Å². The number of carbonyl (C=O) groups excluding carboxylic acids is 1. The van der Waals surface area contributed by atoms with Crippen LogP contribution in [0.15, 0.2) is 0 Å². The highest BCUT2D eigenvalue weighted by atomic mass is 16.5. The average molecular weight is 246 g/mol. The molecule has 6 heteroatoms. The van der Waals surface area contributed by atoms with Gasteiger partial charge < -0.3 is 14.9 Å². The first kappa shape index (κ1) is 15.4. The van der Waals surface area contributed by atoms with Gasteiger partial charge in [0.15, 0.2) is 0 Å². The van der Waals surface area contributed by atoms with E-state index in [0.29, 0.717) is 6.42 Å². The van der Waals surface area contributed by atoms with Gasteiger partial charge in [-0.15, -0.1) is 0 Å². The third-order valence-electron chi connectivity index (χ3n) is 2.60. The van der Waals surface area contributed by atoms with E-state index in [1.165, 1.54) is 6.92 Å². The molecule has 0 aliphatic rings. The minimum atomic E-state index is -1.30. The predicted octanol–water partition coefficient (Wildman–Crippen LogP) is 1.14. The van der Waals surface area contributed by atoms with E-state index in [0.717, 1.165) is 0 Å². The molecule has 0 heterocycles. The smallest absolute Gasteiger partial charge is 0.307 e. The summed E-state index contributed by atoms with van der Waals surface area (Å²) < 4.78 is 4.91. The van der Waals surface area contributed by atoms with Crippen molar-refractivity contribution in [1.29, 1.82) is 0 Å². The van der Waals surface area contributed by atoms with Crippen molar-refractivity contribution in [1.82, 2.24) is 0 Å². The zero-order chi connectivity index (χ0) is 13.6. The van der Waals surface area contributed by atoms with Crippen molar-refractivity contribution in [3.63, 3.8) is 0 Å². The predicted molar refractivity (Wildman–Crippen MR) is 58.4 cm³/mol. The first-order valence-corrected chi connectivity index (χ1v) is 5.44. The fourth-order valence-electron chi connectivity index (χ4n) is 1.19. The van der Waals surface area contributed by atoms with Crippen molar-refractivity contribution in [2.75, 3.05) is 0 Å². The topological polar surface area (TPSA) is 101 Å². The number of carbonyl (C=O) groups is 3. The van der Waals surface area contributed by atoms with Crippen molar-refractivity contribution in [3.05, 3.63) is 0 Å². The Kier molecular flexibility index (Phi) is 6.23. The molecule has 0 spiro atoms. The van der Waals surface area contributed by atoms with E-state index in [4.69, 9.17) is 14.9 Å². The van der Waals surface area contributed by atoms with Crippen LogP contribution in [0.3, 0.4) is 0 Å². The maximum atomic E-state index is 11.4. The van der Waals surface area contributed by atoms with Crippen LogP contribution in [-0.4, -0.2) is 34.2 Å². The van der Waals surface area contributed by atoms with E-state index in [-0.39, 0.29) is 6.10 Å². The Morgan fingerprint density at radius 1 is 1.12 bits per heavy atom. The van der Waals surface area contributed by atoms with Gasteiger partial charge in [-0.3, -0.25) is 14.4 Å². The number of aliphatic carboxylic acids is 2. The Bertz CT molecular complexity index is 298. The van der Waals surface area contributed by atoms with Crippen molar-refractivity contribution in [3.8, 4) is 0 Å². The molecule has 3 unspecified atom stereocenters. The van der Waals surface area contributed by atoms with Crippen LogP contribution in [0, 0.1) is 11.8 Å². The van der Waals surface area contributed by atoms with Crippen LogP contribution in [-0.2, 0) is 19.1 Å². The molecule has 98 valence electrons. The van der Waals surface area contributed by atoms with Crippen molar-refractivity contribution in [2.45, 2.75) is 39.7 Å². The third kappa shape index (κ3) is 5.33. The molecule has 0 saturated carbocycles. The van der Waals surface area contributed by atoms with Gasteiger partial charge in [-0.2, -0.15) is 0 Å². The molecule has 0 radical (unpaired) electrons. The number of carboxylic acid groups (broad SMARTS) is 2. The zero-order valence-corrected chi connectivity index (χ0v) is 10.2. The largest absolute Gasteiger partial charge is 0.481 e. The molecule has 0 aromatic carbocycles. The lowest BCUT2D eigenvalue weighted by atomic mass is 9.91. The number of rotatable bonds is 7. The van der Waals surface area contributed by atoms with E-state index >= 15 is 0 Å². The number of esters is 1. The molecule has 3 atom stereocenters. The molecule has 0 saturated heterocycles. The first-order chi connectivity index (χ1) is 7.79. The fraction of sp³-hybridized carbons (Fsp3) is 0.727. The molecule has 0 aliphatic carbocycles. The standard InChI is InChI=1S/C11H18O6/c1-4-6(2)17-9(12)5-8(11(15)16)7(3)10(13)14/h6-8H,4-5H2,1-3H3,(H,13,14)(H,15,16). The number of hydrogen-bond donors (Lipinski definition) is 2. The molecule has 2 N–H and O–H groups in total. The fourth-order valence-corrected chi connectivity index (χ4v) is 1.19. The maximum Gasteiger partial charge on any atom is 0.307 e. The summed E-state index contributed by atoms with van der Waals surface area (Å²) in [6.45, 7) is 4.78. The van der Waals surface area contributed by atoms with E-state index < -0.39 is 36.2 Å². The van der Waals surface area contributed by atoms with Crippen LogP contribution in [0.4, 0.5) is 0 Å². The van der Waals surface area contributed by atoms with Crippen LogP contribution < -0.4 is 0 Å². The second-order valence-corrected chi connectivity index (χ2v) is 3.98. The summed E-state index contributed by atoms with van der Waals surface area (Å²) in [4.78, 5) is 32.9. The monoisotopic (exact) mass is 246 g/mol. The lowest BCUT2D eigenvalue weighted by molar-refractivity contribution is -0.159. The van der Waals surface area contributed by atoms with Gasteiger partial charge in [0.2, 0.25) is 0 Å². The van der Waals surface area contributed by atoms with Gasteiger partial charge in [-0.05, 0) is 13.3 Å². The molecular formula is C11H18O6. The Morgan fingerprint density at radius 2 is 1.65 bits per heavy atom. The molecule has 0 aromatic rings. The summed E-state index contributed by atoms with van der Waals surface area (Å²) in [5, 5.41) is 17.6. The molecule has 0 amide bonds. The summed E-state index contributed by atoms with van der Waals surface area (Å²) in [5.41, 5.74) is 0. The Morgan fingerprint density at radius 3 is 2.00 bits per heavy atom. The van der Waals surface area contributed by atoms with Gasteiger partial charge >= 0.3 is 17.9 Å². The maximum absolute atomic E-state index is 11.4. The summed E-state index contributed by atoms with van der Waals surface area (Å²) in [5.74, 6) is -5.62. The lowest BCUT2D eigenvalue weighted by Gasteiger charge is -2.17. The van der Waals surface area contributed by atoms with Gasteiger partial charge in [0.1, 0.15) is 0 Å². The van der Waals surface area contributed by atoms with Gasteiger partial charge in [0.25, 0.3) is 0 Å². The molecule has 0 aromatic heterocycles. The summed E-state index contributed by atoms with van der Waals surface area (Å²) in [6, 6.07) is 0. The quantitative estimate of drug-likeness (QED) is 0.653. The second kappa shape index (κ2) is 6.88. The third-order valence-corrected chi connectivity index (χ3v) is 2.60. The van der Waals surface area contributed by atoms with Crippen LogP contribution in [0.25, 0.3) is 0 Å². The minimum Gasteiger partial charge on any atom is -0.481 e. The van der Waals surface area contributed by atoms with Gasteiger partial charge in [0.05, 0.1) is 24.4 Å². The van der Waals surface area contributed by atoms with E-state index in [1.807, 2.05) is 6.92 Å². The van der Waals surface area contributed by atoms with E-state index in [2.05, 4.69) is 0 Å². The summed E-state index contributed by atoms with van der Waals surface area (Å²) in [6.07, 6.45) is -0.0949. The molecule has 17 heavy (non-hydrogen) atoms. The highest BCUT2D eigenvalue weighted by Crippen LogP contribution is 2.18. The van der Waals surface area contributed by atoms with Crippen molar-refractivity contribution in [2.24, 2.45) is 11.8 Å². The zero-order valence-electron chi connectivity index (χ0n) is 10.2. The number of carboxylic acids is 2. The Labute approximate surface area is 99.6 Å². The molecular weight excluding hydrogens is 228 g/mol. The molecule has 0 rings (SSSR count). The number of hydrogen-bond acceptors (Lipinski definition) is 4. The molecule has 0 bridgehead atoms. The Balaban J connectivity index is 4.51. The number of ether oxygens (including phenoxy) is 1. The van der Waals surface area contributed by atoms with Gasteiger partial charge in [-0.25, -0.2) is 0 Å². The summed E-state index contributed by atoms with van der Waals surface area (Å²) >= 11 is 0. The highest BCUT2D eigenvalue weighted by Gasteiger charge is 2.32. The van der Waals surface area contributed by atoms with Crippen molar-refractivity contribution < 1.29 is 29.3 Å². The Hall–Kier alpha value is -1.59. The molecule has 0 aliphatic heterocycles. The normalized spacial score (nSPS) is 15.7. The van der Waals surface area contributed by atoms with Gasteiger partial charge in [-0.1, -0.05) is 13.8 Å². The molecule has 0 fully saturated rings. The van der Waals surface area contributed by atoms with Gasteiger partial charge in [0, 0.05) is 0 Å². The summed E-state index contributed by atoms with van der Waals surface area (Å²) in [7, 11) is 0. The van der Waals surface area contributed by atoms with Crippen molar-refractivity contribution >= 4 is 17.9 Å². The molecule has 6 nitrogen and oxygen atoms in total. The average Bonchev–Trinajstić information content (AvgIpc) is 2.24. The second-order valence-electron chi connectivity index (χ2n) is 3.98. The van der Waals surface area contributed by atoms with Crippen LogP contribution in [0.2, 0.25) is 0 Å². The highest BCUT2D eigenvalue weighted by molar-refractivity contribution is 5.84. The van der Waals surface area contributed by atoms with Crippen LogP contribution >= 0.6 is 0 Å². The van der Waals surface area contributed by atoms with E-state index in [1.54, 1.807) is 6.92 Å². The van der Waals surface area contributed by atoms with Crippen LogP contribution in [0.1, 0.15) is 33.6 Å². The minimum absolute atomic E-state index is 0.294.